The molecule has 9 heteroatoms. The number of thiophene rings is 1. The topological polar surface area (TPSA) is 114 Å². The summed E-state index contributed by atoms with van der Waals surface area (Å²) in [5.41, 5.74) is 14.5. The first-order valence-corrected chi connectivity index (χ1v) is 10.4. The lowest BCUT2D eigenvalue weighted by Gasteiger charge is -2.32. The molecule has 4 rings (SSSR count). The van der Waals surface area contributed by atoms with Crippen LogP contribution in [-0.4, -0.2) is 38.2 Å². The normalized spacial score (nSPS) is 13.3. The maximum atomic E-state index is 11.7. The number of rotatable bonds is 6. The number of hydrogen-bond acceptors (Lipinski definition) is 7. The number of amides is 1. The number of aldehydes is 1. The number of anilines is 4. The summed E-state index contributed by atoms with van der Waals surface area (Å²) >= 11 is 1.08. The average Bonchev–Trinajstić information content (AvgIpc) is 3.22. The first-order chi connectivity index (χ1) is 15.0. The van der Waals surface area contributed by atoms with E-state index in [4.69, 9.17) is 16.2 Å². The summed E-state index contributed by atoms with van der Waals surface area (Å²) in [4.78, 5) is 31.2. The number of fused-ring (bicyclic) bond motifs is 1. The number of carbonyl (C=O) groups is 2. The molecule has 0 radical (unpaired) electrons. The van der Waals surface area contributed by atoms with Crippen LogP contribution < -0.4 is 26.0 Å². The summed E-state index contributed by atoms with van der Waals surface area (Å²) in [6.07, 6.45) is 0.460. The second kappa shape index (κ2) is 8.49. The van der Waals surface area contributed by atoms with Crippen LogP contribution in [0.2, 0.25) is 0 Å². The van der Waals surface area contributed by atoms with Gasteiger partial charge in [0.25, 0.3) is 5.91 Å². The minimum absolute atomic E-state index is 0.179. The third-order valence-corrected chi connectivity index (χ3v) is 5.94. The molecule has 0 unspecified atom stereocenters. The van der Waals surface area contributed by atoms with Crippen LogP contribution in [0.4, 0.5) is 27.8 Å². The van der Waals surface area contributed by atoms with Gasteiger partial charge >= 0.3 is 0 Å². The van der Waals surface area contributed by atoms with Crippen molar-refractivity contribution >= 4 is 57.1 Å². The van der Waals surface area contributed by atoms with Crippen molar-refractivity contribution in [2.45, 2.75) is 0 Å². The first kappa shape index (κ1) is 20.4. The van der Waals surface area contributed by atoms with E-state index < -0.39 is 5.91 Å². The van der Waals surface area contributed by atoms with Gasteiger partial charge in [-0.25, -0.2) is 4.99 Å². The van der Waals surface area contributed by atoms with Crippen molar-refractivity contribution in [1.82, 2.24) is 0 Å². The third kappa shape index (κ3) is 4.08. The van der Waals surface area contributed by atoms with Gasteiger partial charge in [-0.05, 0) is 36.4 Å². The van der Waals surface area contributed by atoms with Crippen LogP contribution in [0.1, 0.15) is 9.67 Å². The molecule has 0 saturated heterocycles. The van der Waals surface area contributed by atoms with Crippen LogP contribution in [0.15, 0.2) is 59.6 Å². The number of para-hydroxylation sites is 1. The summed E-state index contributed by atoms with van der Waals surface area (Å²) in [5.74, 6) is 0.0420. The number of carbonyl (C=O) groups excluding carboxylic acids is 2. The monoisotopic (exact) mass is 435 g/mol. The van der Waals surface area contributed by atoms with Crippen molar-refractivity contribution in [1.29, 1.82) is 0 Å². The van der Waals surface area contributed by atoms with Crippen molar-refractivity contribution in [3.63, 3.8) is 0 Å². The van der Waals surface area contributed by atoms with Crippen molar-refractivity contribution in [2.75, 3.05) is 30.0 Å². The number of primary amides is 1. The molecule has 0 fully saturated rings. The number of ether oxygens (including phenoxy) is 1. The summed E-state index contributed by atoms with van der Waals surface area (Å²) in [5, 5.41) is 0.426. The molecule has 0 saturated carbocycles. The van der Waals surface area contributed by atoms with E-state index in [2.05, 4.69) is 22.0 Å². The van der Waals surface area contributed by atoms with Gasteiger partial charge in [0.1, 0.15) is 17.4 Å². The summed E-state index contributed by atoms with van der Waals surface area (Å²) in [7, 11) is 1.85. The number of benzene rings is 2. The predicted molar refractivity (Wildman–Crippen MR) is 124 cm³/mol. The van der Waals surface area contributed by atoms with E-state index in [9.17, 15) is 9.59 Å². The third-order valence-electron chi connectivity index (χ3n) is 4.91. The van der Waals surface area contributed by atoms with Gasteiger partial charge in [0.05, 0.1) is 22.8 Å². The Morgan fingerprint density at radius 1 is 1.19 bits per heavy atom. The second-order valence-corrected chi connectivity index (χ2v) is 7.90. The second-order valence-electron chi connectivity index (χ2n) is 6.87. The Morgan fingerprint density at radius 2 is 1.97 bits per heavy atom. The number of aliphatic imine (C=N–C) groups is 1. The van der Waals surface area contributed by atoms with Crippen molar-refractivity contribution in [2.24, 2.45) is 16.5 Å². The molecule has 2 aromatic carbocycles. The Labute approximate surface area is 183 Å². The van der Waals surface area contributed by atoms with Gasteiger partial charge in [-0.2, -0.15) is 0 Å². The summed E-state index contributed by atoms with van der Waals surface area (Å²) < 4.78 is 5.85. The molecule has 31 heavy (non-hydrogen) atoms. The molecule has 1 amide bonds. The molecule has 8 nitrogen and oxygen atoms in total. The molecule has 0 bridgehead atoms. The average molecular weight is 436 g/mol. The van der Waals surface area contributed by atoms with Crippen LogP contribution >= 0.6 is 11.3 Å². The van der Waals surface area contributed by atoms with E-state index >= 15 is 0 Å². The molecule has 0 aliphatic carbocycles. The minimum atomic E-state index is -0.570. The Morgan fingerprint density at radius 3 is 2.68 bits per heavy atom. The van der Waals surface area contributed by atoms with Crippen molar-refractivity contribution < 1.29 is 14.3 Å². The van der Waals surface area contributed by atoms with E-state index in [-0.39, 0.29) is 5.84 Å². The minimum Gasteiger partial charge on any atom is -0.490 e. The lowest BCUT2D eigenvalue weighted by molar-refractivity contribution is -0.102. The van der Waals surface area contributed by atoms with Gasteiger partial charge in [-0.3, -0.25) is 9.59 Å². The Kier molecular flexibility index (Phi) is 5.59. The fourth-order valence-electron chi connectivity index (χ4n) is 3.39. The van der Waals surface area contributed by atoms with Gasteiger partial charge in [0.2, 0.25) is 0 Å². The molecule has 0 spiro atoms. The van der Waals surface area contributed by atoms with Gasteiger partial charge in [0, 0.05) is 18.4 Å². The van der Waals surface area contributed by atoms with E-state index in [1.165, 1.54) is 0 Å². The zero-order valence-corrected chi connectivity index (χ0v) is 17.6. The highest BCUT2D eigenvalue weighted by Gasteiger charge is 2.22. The fraction of sp³-hybridized carbons (Fsp3) is 0.136. The molecule has 3 aromatic rings. The Bertz CT molecular complexity index is 1160. The molecule has 158 valence electrons. The highest BCUT2D eigenvalue weighted by atomic mass is 32.1. The van der Waals surface area contributed by atoms with Gasteiger partial charge in [-0.1, -0.05) is 18.2 Å². The largest absolute Gasteiger partial charge is 0.490 e. The van der Waals surface area contributed by atoms with Gasteiger partial charge < -0.3 is 26.0 Å². The zero-order chi connectivity index (χ0) is 22.0. The molecule has 0 atom stereocenters. The van der Waals surface area contributed by atoms with E-state index in [1.807, 2.05) is 48.3 Å². The van der Waals surface area contributed by atoms with Gasteiger partial charge in [0.15, 0.2) is 12.1 Å². The number of nitrogens with two attached hydrogens (primary N) is 2. The number of nitrogens with zero attached hydrogens (tertiary/aromatic N) is 3. The van der Waals surface area contributed by atoms with E-state index in [1.54, 1.807) is 6.07 Å². The van der Waals surface area contributed by atoms with Crippen LogP contribution in [-0.2, 0) is 4.79 Å². The Hall–Kier alpha value is -3.85. The van der Waals surface area contributed by atoms with Crippen molar-refractivity contribution in [3.05, 3.63) is 59.5 Å². The zero-order valence-electron chi connectivity index (χ0n) is 16.8. The fourth-order valence-corrected chi connectivity index (χ4v) is 4.32. The van der Waals surface area contributed by atoms with Gasteiger partial charge in [-0.15, -0.1) is 11.3 Å². The Balaban J connectivity index is 1.76. The molecule has 4 N–H and O–H groups in total. The highest BCUT2D eigenvalue weighted by molar-refractivity contribution is 7.18. The highest BCUT2D eigenvalue weighted by Crippen LogP contribution is 2.44. The molecule has 1 aromatic heterocycles. The van der Waals surface area contributed by atoms with Crippen LogP contribution in [0.5, 0.6) is 5.75 Å². The number of amidine groups is 1. The van der Waals surface area contributed by atoms with E-state index in [0.717, 1.165) is 40.7 Å². The SMILES string of the molecule is CN(c1ccc2c(c1)N(c1ccccc1)CCO2)c1cc(C(N)=O)sc1/N=C(/N)C=O. The van der Waals surface area contributed by atoms with E-state index in [0.29, 0.717) is 28.5 Å². The molecular weight excluding hydrogens is 414 g/mol. The maximum Gasteiger partial charge on any atom is 0.258 e. The van der Waals surface area contributed by atoms with Crippen molar-refractivity contribution in [3.8, 4) is 5.75 Å². The van der Waals surface area contributed by atoms with Crippen LogP contribution in [0.3, 0.4) is 0 Å². The lowest BCUT2D eigenvalue weighted by atomic mass is 10.1. The molecular formula is C22H21N5O3S. The lowest BCUT2D eigenvalue weighted by Crippen LogP contribution is -2.28. The van der Waals surface area contributed by atoms with Crippen LogP contribution in [0.25, 0.3) is 0 Å². The summed E-state index contributed by atoms with van der Waals surface area (Å²) in [6, 6.07) is 17.6. The quantitative estimate of drug-likeness (QED) is 0.349. The molecule has 2 heterocycles. The predicted octanol–water partition coefficient (Wildman–Crippen LogP) is 3.33. The smallest absolute Gasteiger partial charge is 0.258 e. The maximum absolute atomic E-state index is 11.7. The molecule has 1 aliphatic rings. The standard InChI is InChI=1S/C22H21N5O3S/c1-26(17-12-19(21(24)29)31-22(17)25-20(23)13-28)15-7-8-18-16(11-15)27(9-10-30-18)14-5-3-2-4-6-14/h2-8,11-13H,9-10H2,1H3,(H2,23,25)(H2,24,29). The first-order valence-electron chi connectivity index (χ1n) is 9.54. The summed E-state index contributed by atoms with van der Waals surface area (Å²) in [6.45, 7) is 1.31. The van der Waals surface area contributed by atoms with Crippen LogP contribution in [0, 0.1) is 0 Å². The number of hydrogen-bond donors (Lipinski definition) is 2. The molecule has 1 aliphatic heterocycles.